The molecule has 1 atom stereocenters. The number of amides is 2. The first-order valence-corrected chi connectivity index (χ1v) is 8.19. The molecule has 0 spiro atoms. The van der Waals surface area contributed by atoms with Gasteiger partial charge in [0.2, 0.25) is 11.8 Å². The average molecular weight is 348 g/mol. The Morgan fingerprint density at radius 2 is 1.65 bits per heavy atom. The zero-order chi connectivity index (χ0) is 18.7. The maximum absolute atomic E-state index is 12.4. The lowest BCUT2D eigenvalue weighted by Crippen LogP contribution is -2.40. The molecular weight excluding hydrogens is 328 g/mol. The van der Waals surface area contributed by atoms with E-state index in [-0.39, 0.29) is 0 Å². The topological polar surface area (TPSA) is 95.4 Å². The Morgan fingerprint density at radius 3 is 2.19 bits per heavy atom. The smallest absolute Gasteiger partial charge is 0.248 e. The van der Waals surface area contributed by atoms with Gasteiger partial charge in [-0.1, -0.05) is 42.5 Å². The number of rotatable bonds is 5. The molecule has 0 heterocycles. The molecule has 3 rings (SSSR count). The molecule has 1 aliphatic rings. The van der Waals surface area contributed by atoms with Gasteiger partial charge in [0.05, 0.1) is 12.5 Å². The van der Waals surface area contributed by atoms with Gasteiger partial charge in [-0.2, -0.15) is 0 Å². The van der Waals surface area contributed by atoms with Gasteiger partial charge in [0, 0.05) is 5.56 Å². The van der Waals surface area contributed by atoms with Crippen LogP contribution in [0.5, 0.6) is 5.75 Å². The predicted octanol–water partition coefficient (Wildman–Crippen LogP) is 2.56. The van der Waals surface area contributed by atoms with E-state index < -0.39 is 17.2 Å². The van der Waals surface area contributed by atoms with E-state index in [4.69, 9.17) is 16.2 Å². The Kier molecular flexibility index (Phi) is 4.63. The first-order chi connectivity index (χ1) is 12.5. The summed E-state index contributed by atoms with van der Waals surface area (Å²) in [6, 6.07) is 14.3. The van der Waals surface area contributed by atoms with E-state index in [2.05, 4.69) is 0 Å². The molecule has 0 radical (unpaired) electrons. The molecule has 4 N–H and O–H groups in total. The van der Waals surface area contributed by atoms with Crippen LogP contribution in [-0.4, -0.2) is 18.9 Å². The fourth-order valence-electron chi connectivity index (χ4n) is 3.19. The van der Waals surface area contributed by atoms with Crippen molar-refractivity contribution in [3.63, 3.8) is 0 Å². The van der Waals surface area contributed by atoms with Gasteiger partial charge in [-0.25, -0.2) is 0 Å². The maximum Gasteiger partial charge on any atom is 0.248 e. The fourth-order valence-corrected chi connectivity index (χ4v) is 3.19. The average Bonchev–Trinajstić information content (AvgIpc) is 2.68. The summed E-state index contributed by atoms with van der Waals surface area (Å²) in [6.07, 6.45) is 6.05. The van der Waals surface area contributed by atoms with Crippen molar-refractivity contribution in [2.45, 2.75) is 11.8 Å². The van der Waals surface area contributed by atoms with E-state index in [1.54, 1.807) is 19.2 Å². The molecule has 0 aromatic heterocycles. The van der Waals surface area contributed by atoms with Crippen molar-refractivity contribution in [1.29, 1.82) is 0 Å². The number of carbonyl (C=O) groups excluding carboxylic acids is 2. The number of benzene rings is 2. The summed E-state index contributed by atoms with van der Waals surface area (Å²) < 4.78 is 5.19. The molecular formula is C21H20N2O3. The van der Waals surface area contributed by atoms with Crippen LogP contribution in [0.3, 0.4) is 0 Å². The summed E-state index contributed by atoms with van der Waals surface area (Å²) in [6.45, 7) is 0. The highest BCUT2D eigenvalue weighted by Gasteiger charge is 2.38. The number of hydrogen-bond donors (Lipinski definition) is 2. The van der Waals surface area contributed by atoms with Crippen molar-refractivity contribution in [1.82, 2.24) is 0 Å². The number of hydrogen-bond acceptors (Lipinski definition) is 3. The molecule has 1 aliphatic carbocycles. The molecule has 0 fully saturated rings. The standard InChI is InChI=1S/C21H20N2O3/c1-26-18-10-8-17(9-11-18)21(20(23)25)12-2-3-16(13-21)14-4-6-15(7-5-14)19(22)24/h2-12H,13H2,1H3,(H2,22,24)(H2,23,25). The highest BCUT2D eigenvalue weighted by molar-refractivity contribution is 5.94. The van der Waals surface area contributed by atoms with Crippen LogP contribution in [0.25, 0.3) is 5.57 Å². The van der Waals surface area contributed by atoms with Gasteiger partial charge in [-0.15, -0.1) is 0 Å². The Labute approximate surface area is 152 Å². The van der Waals surface area contributed by atoms with Gasteiger partial charge in [0.15, 0.2) is 0 Å². The van der Waals surface area contributed by atoms with Gasteiger partial charge >= 0.3 is 0 Å². The zero-order valence-corrected chi connectivity index (χ0v) is 14.4. The number of primary amides is 2. The minimum absolute atomic E-state index is 0.418. The largest absolute Gasteiger partial charge is 0.497 e. The molecule has 0 bridgehead atoms. The van der Waals surface area contributed by atoms with Gasteiger partial charge in [-0.05, 0) is 47.4 Å². The molecule has 0 saturated carbocycles. The SMILES string of the molecule is COc1ccc(C2(C(N)=O)C=CC=C(c3ccc(C(N)=O)cc3)C2)cc1. The van der Waals surface area contributed by atoms with Crippen LogP contribution in [0, 0.1) is 0 Å². The molecule has 5 heteroatoms. The Balaban J connectivity index is 1.97. The number of ether oxygens (including phenoxy) is 1. The zero-order valence-electron chi connectivity index (χ0n) is 14.4. The van der Waals surface area contributed by atoms with Crippen LogP contribution in [0.1, 0.15) is 27.9 Å². The second kappa shape index (κ2) is 6.88. The van der Waals surface area contributed by atoms with Crippen LogP contribution in [0.4, 0.5) is 0 Å². The van der Waals surface area contributed by atoms with E-state index in [1.807, 2.05) is 54.6 Å². The van der Waals surface area contributed by atoms with Crippen molar-refractivity contribution in [3.8, 4) is 5.75 Å². The fraction of sp³-hybridized carbons (Fsp3) is 0.143. The van der Waals surface area contributed by atoms with E-state index in [0.29, 0.717) is 17.7 Å². The summed E-state index contributed by atoms with van der Waals surface area (Å²) in [4.78, 5) is 23.6. The molecule has 0 aliphatic heterocycles. The number of methoxy groups -OCH3 is 1. The lowest BCUT2D eigenvalue weighted by Gasteiger charge is -2.31. The van der Waals surface area contributed by atoms with E-state index in [1.165, 1.54) is 0 Å². The second-order valence-corrected chi connectivity index (χ2v) is 6.23. The van der Waals surface area contributed by atoms with Crippen LogP contribution in [0.2, 0.25) is 0 Å². The lowest BCUT2D eigenvalue weighted by molar-refractivity contribution is -0.121. The lowest BCUT2D eigenvalue weighted by atomic mass is 9.71. The van der Waals surface area contributed by atoms with Crippen molar-refractivity contribution in [2.75, 3.05) is 7.11 Å². The number of carbonyl (C=O) groups is 2. The minimum atomic E-state index is -0.932. The summed E-state index contributed by atoms with van der Waals surface area (Å²) in [5.74, 6) is -0.178. The highest BCUT2D eigenvalue weighted by atomic mass is 16.5. The van der Waals surface area contributed by atoms with Crippen molar-refractivity contribution >= 4 is 17.4 Å². The number of allylic oxidation sites excluding steroid dienone is 3. The van der Waals surface area contributed by atoms with Crippen molar-refractivity contribution < 1.29 is 14.3 Å². The summed E-state index contributed by atoms with van der Waals surface area (Å²) in [5.41, 5.74) is 13.3. The van der Waals surface area contributed by atoms with E-state index in [9.17, 15) is 9.59 Å². The van der Waals surface area contributed by atoms with Gasteiger partial charge < -0.3 is 16.2 Å². The number of nitrogens with two attached hydrogens (primary N) is 2. The van der Waals surface area contributed by atoms with Gasteiger partial charge in [0.1, 0.15) is 5.75 Å². The third kappa shape index (κ3) is 3.11. The molecule has 5 nitrogen and oxygen atoms in total. The van der Waals surface area contributed by atoms with Crippen LogP contribution in [-0.2, 0) is 10.2 Å². The first kappa shape index (κ1) is 17.5. The van der Waals surface area contributed by atoms with Gasteiger partial charge in [-0.3, -0.25) is 9.59 Å². The third-order valence-corrected chi connectivity index (χ3v) is 4.73. The normalized spacial score (nSPS) is 18.9. The van der Waals surface area contributed by atoms with E-state index in [0.717, 1.165) is 16.7 Å². The van der Waals surface area contributed by atoms with Crippen LogP contribution >= 0.6 is 0 Å². The molecule has 2 aromatic carbocycles. The second-order valence-electron chi connectivity index (χ2n) is 6.23. The third-order valence-electron chi connectivity index (χ3n) is 4.73. The van der Waals surface area contributed by atoms with Crippen LogP contribution < -0.4 is 16.2 Å². The molecule has 2 aromatic rings. The van der Waals surface area contributed by atoms with Crippen molar-refractivity contribution in [3.05, 3.63) is 83.4 Å². The Bertz CT molecular complexity index is 896. The molecule has 26 heavy (non-hydrogen) atoms. The summed E-state index contributed by atoms with van der Waals surface area (Å²) in [5, 5.41) is 0. The molecule has 132 valence electrons. The van der Waals surface area contributed by atoms with Crippen molar-refractivity contribution in [2.24, 2.45) is 11.5 Å². The minimum Gasteiger partial charge on any atom is -0.497 e. The van der Waals surface area contributed by atoms with Crippen LogP contribution in [0.15, 0.2) is 66.8 Å². The summed E-state index contributed by atoms with van der Waals surface area (Å²) in [7, 11) is 1.59. The monoisotopic (exact) mass is 348 g/mol. The maximum atomic E-state index is 12.4. The highest BCUT2D eigenvalue weighted by Crippen LogP contribution is 2.39. The molecule has 1 unspecified atom stereocenters. The summed E-state index contributed by atoms with van der Waals surface area (Å²) >= 11 is 0. The predicted molar refractivity (Wildman–Crippen MR) is 101 cm³/mol. The molecule has 2 amide bonds. The van der Waals surface area contributed by atoms with E-state index >= 15 is 0 Å². The first-order valence-electron chi connectivity index (χ1n) is 8.19. The Hall–Kier alpha value is -3.34. The quantitative estimate of drug-likeness (QED) is 0.869. The Morgan fingerprint density at radius 1 is 1.00 bits per heavy atom. The molecule has 0 saturated heterocycles. The van der Waals surface area contributed by atoms with Gasteiger partial charge in [0.25, 0.3) is 0 Å².